The molecule has 4 nitrogen and oxygen atoms in total. The number of para-hydroxylation sites is 1. The molecule has 11 aromatic rings. The first-order valence-electron chi connectivity index (χ1n) is 18.5. The summed E-state index contributed by atoms with van der Waals surface area (Å²) in [5.41, 5.74) is 8.97. The lowest BCUT2D eigenvalue weighted by molar-refractivity contribution is 0.673. The van der Waals surface area contributed by atoms with Gasteiger partial charge in [-0.2, -0.15) is 0 Å². The van der Waals surface area contributed by atoms with Gasteiger partial charge in [-0.25, -0.2) is 15.0 Å². The van der Waals surface area contributed by atoms with Crippen molar-refractivity contribution in [3.8, 4) is 56.4 Å². The van der Waals surface area contributed by atoms with Crippen LogP contribution in [0.2, 0.25) is 0 Å². The lowest BCUT2D eigenvalue weighted by Gasteiger charge is -2.13. The number of nitrogens with zero attached hydrogens (tertiary/aromatic N) is 3. The molecule has 0 aliphatic carbocycles. The molecule has 0 saturated heterocycles. The molecular weight excluding hydrogens is 671 g/mol. The Kier molecular flexibility index (Phi) is 7.14. The third-order valence-corrected chi connectivity index (χ3v) is 10.7. The third kappa shape index (κ3) is 5.26. The van der Waals surface area contributed by atoms with Gasteiger partial charge in [-0.3, -0.25) is 0 Å². The van der Waals surface area contributed by atoms with Crippen molar-refractivity contribution < 1.29 is 4.42 Å². The van der Waals surface area contributed by atoms with E-state index in [2.05, 4.69) is 170 Å². The van der Waals surface area contributed by atoms with Crippen molar-refractivity contribution in [3.05, 3.63) is 188 Å². The molecule has 0 atom stereocenters. The van der Waals surface area contributed by atoms with Gasteiger partial charge in [0.1, 0.15) is 11.2 Å². The number of benzene rings is 9. The quantitative estimate of drug-likeness (QED) is 0.179. The zero-order valence-corrected chi connectivity index (χ0v) is 29.6. The molecule has 9 aromatic carbocycles. The van der Waals surface area contributed by atoms with Crippen molar-refractivity contribution in [1.29, 1.82) is 0 Å². The van der Waals surface area contributed by atoms with E-state index in [4.69, 9.17) is 19.4 Å². The van der Waals surface area contributed by atoms with Crippen molar-refractivity contribution in [1.82, 2.24) is 15.0 Å². The molecule has 11 rings (SSSR count). The molecule has 0 aliphatic rings. The number of furan rings is 1. The van der Waals surface area contributed by atoms with Crippen LogP contribution in [0.15, 0.2) is 192 Å². The van der Waals surface area contributed by atoms with Crippen LogP contribution < -0.4 is 0 Å². The second-order valence-corrected chi connectivity index (χ2v) is 14.0. The molecule has 4 heteroatoms. The minimum atomic E-state index is 0.592. The van der Waals surface area contributed by atoms with Gasteiger partial charge in [-0.05, 0) is 67.4 Å². The van der Waals surface area contributed by atoms with Gasteiger partial charge in [0.15, 0.2) is 17.5 Å². The van der Waals surface area contributed by atoms with Gasteiger partial charge in [0.2, 0.25) is 0 Å². The highest BCUT2D eigenvalue weighted by atomic mass is 16.3. The molecule has 2 aromatic heterocycles. The maximum Gasteiger partial charge on any atom is 0.164 e. The summed E-state index contributed by atoms with van der Waals surface area (Å²) in [7, 11) is 0. The average Bonchev–Trinajstić information content (AvgIpc) is 3.66. The van der Waals surface area contributed by atoms with Crippen LogP contribution in [0.1, 0.15) is 0 Å². The highest BCUT2D eigenvalue weighted by Crippen LogP contribution is 2.44. The highest BCUT2D eigenvalue weighted by Gasteiger charge is 2.22. The van der Waals surface area contributed by atoms with E-state index in [-0.39, 0.29) is 0 Å². The SMILES string of the molecule is c1ccc(-c2cccc3cc(-c4nc(-c5ccc(-c6cccc7ccccc67)cc5)nc(-c5ccc6ccccc6c5)n4)c4c5ccccc5oc4c23)cc1. The fourth-order valence-corrected chi connectivity index (χ4v) is 8.05. The first-order valence-corrected chi connectivity index (χ1v) is 18.5. The Bertz CT molecular complexity index is 3250. The summed E-state index contributed by atoms with van der Waals surface area (Å²) in [6.45, 7) is 0. The van der Waals surface area contributed by atoms with Crippen molar-refractivity contribution in [2.24, 2.45) is 0 Å². The van der Waals surface area contributed by atoms with E-state index in [1.54, 1.807) is 0 Å². The largest absolute Gasteiger partial charge is 0.455 e. The summed E-state index contributed by atoms with van der Waals surface area (Å²) in [5.74, 6) is 1.81. The fraction of sp³-hybridized carbons (Fsp3) is 0. The minimum Gasteiger partial charge on any atom is -0.455 e. The van der Waals surface area contributed by atoms with E-state index in [9.17, 15) is 0 Å². The van der Waals surface area contributed by atoms with Crippen LogP contribution in [0.5, 0.6) is 0 Å². The minimum absolute atomic E-state index is 0.592. The van der Waals surface area contributed by atoms with Gasteiger partial charge in [-0.15, -0.1) is 0 Å². The van der Waals surface area contributed by atoms with E-state index in [0.29, 0.717) is 17.5 Å². The molecule has 0 amide bonds. The fourth-order valence-electron chi connectivity index (χ4n) is 8.05. The summed E-state index contributed by atoms with van der Waals surface area (Å²) >= 11 is 0. The molecule has 2 heterocycles. The van der Waals surface area contributed by atoms with Gasteiger partial charge in [0, 0.05) is 32.8 Å². The Morgan fingerprint density at radius 2 is 0.891 bits per heavy atom. The lowest BCUT2D eigenvalue weighted by Crippen LogP contribution is -2.01. The molecule has 55 heavy (non-hydrogen) atoms. The number of hydrogen-bond acceptors (Lipinski definition) is 4. The Morgan fingerprint density at radius 3 is 1.73 bits per heavy atom. The Labute approximate surface area is 317 Å². The standard InChI is InChI=1S/C51H31N3O/c1-2-13-34(14-3-1)42-22-11-18-38-31-44(47-43-20-8-9-23-45(43)55-48(47)46(38)42)51-53-49(52-50(54-51)39-29-24-32-12-4-5-16-37(32)30-39)36-27-25-35(26-28-36)41-21-10-17-33-15-6-7-19-40(33)41/h1-31H. The van der Waals surface area contributed by atoms with E-state index >= 15 is 0 Å². The first kappa shape index (κ1) is 31.1. The molecule has 0 aliphatic heterocycles. The van der Waals surface area contributed by atoms with Gasteiger partial charge in [0.05, 0.1) is 0 Å². The molecule has 0 saturated carbocycles. The normalized spacial score (nSPS) is 11.6. The predicted molar refractivity (Wildman–Crippen MR) is 227 cm³/mol. The Morgan fingerprint density at radius 1 is 0.309 bits per heavy atom. The van der Waals surface area contributed by atoms with Gasteiger partial charge in [0.25, 0.3) is 0 Å². The maximum atomic E-state index is 6.78. The van der Waals surface area contributed by atoms with Crippen LogP contribution in [-0.2, 0) is 0 Å². The van der Waals surface area contributed by atoms with Crippen molar-refractivity contribution in [2.75, 3.05) is 0 Å². The molecule has 0 fully saturated rings. The van der Waals surface area contributed by atoms with E-state index in [0.717, 1.165) is 71.5 Å². The second kappa shape index (κ2) is 12.6. The molecule has 0 N–H and O–H groups in total. The van der Waals surface area contributed by atoms with Gasteiger partial charge in [-0.1, -0.05) is 170 Å². The molecule has 0 bridgehead atoms. The average molecular weight is 702 g/mol. The summed E-state index contributed by atoms with van der Waals surface area (Å²) in [6.07, 6.45) is 0. The number of hydrogen-bond donors (Lipinski definition) is 0. The van der Waals surface area contributed by atoms with Crippen molar-refractivity contribution in [3.63, 3.8) is 0 Å². The topological polar surface area (TPSA) is 51.8 Å². The summed E-state index contributed by atoms with van der Waals surface area (Å²) < 4.78 is 6.78. The lowest BCUT2D eigenvalue weighted by atomic mass is 9.93. The van der Waals surface area contributed by atoms with Gasteiger partial charge >= 0.3 is 0 Å². The Hall–Kier alpha value is -7.43. The second-order valence-electron chi connectivity index (χ2n) is 14.0. The molecule has 0 spiro atoms. The smallest absolute Gasteiger partial charge is 0.164 e. The third-order valence-electron chi connectivity index (χ3n) is 10.7. The molecule has 0 radical (unpaired) electrons. The monoisotopic (exact) mass is 701 g/mol. The highest BCUT2D eigenvalue weighted by molar-refractivity contribution is 6.23. The summed E-state index contributed by atoms with van der Waals surface area (Å²) in [6, 6.07) is 65.7. The van der Waals surface area contributed by atoms with E-state index in [1.165, 1.54) is 21.7 Å². The molecule has 256 valence electrons. The van der Waals surface area contributed by atoms with Crippen LogP contribution in [0.4, 0.5) is 0 Å². The van der Waals surface area contributed by atoms with Gasteiger partial charge < -0.3 is 4.42 Å². The zero-order chi connectivity index (χ0) is 36.3. The molecule has 0 unspecified atom stereocenters. The Balaban J connectivity index is 1.16. The molecular formula is C51H31N3O. The van der Waals surface area contributed by atoms with Crippen molar-refractivity contribution >= 4 is 54.3 Å². The summed E-state index contributed by atoms with van der Waals surface area (Å²) in [4.78, 5) is 15.7. The van der Waals surface area contributed by atoms with Crippen LogP contribution >= 0.6 is 0 Å². The predicted octanol–water partition coefficient (Wildman–Crippen LogP) is 13.6. The number of rotatable bonds is 5. The maximum absolute atomic E-state index is 6.78. The van der Waals surface area contributed by atoms with E-state index in [1.807, 2.05) is 18.2 Å². The number of aromatic nitrogens is 3. The zero-order valence-electron chi connectivity index (χ0n) is 29.6. The van der Waals surface area contributed by atoms with Crippen LogP contribution in [0.25, 0.3) is 111 Å². The van der Waals surface area contributed by atoms with E-state index < -0.39 is 0 Å². The van der Waals surface area contributed by atoms with Crippen LogP contribution in [0.3, 0.4) is 0 Å². The first-order chi connectivity index (χ1) is 27.2. The van der Waals surface area contributed by atoms with Crippen molar-refractivity contribution in [2.45, 2.75) is 0 Å². The van der Waals surface area contributed by atoms with Crippen LogP contribution in [-0.4, -0.2) is 15.0 Å². The number of fused-ring (bicyclic) bond motifs is 7. The van der Waals surface area contributed by atoms with Crippen LogP contribution in [0, 0.1) is 0 Å². The summed E-state index contributed by atoms with van der Waals surface area (Å²) in [5, 5.41) is 8.86.